The van der Waals surface area contributed by atoms with Gasteiger partial charge in [-0.05, 0) is 42.0 Å². The van der Waals surface area contributed by atoms with Gasteiger partial charge in [0, 0.05) is 10.2 Å². The van der Waals surface area contributed by atoms with Gasteiger partial charge in [0.05, 0.1) is 17.1 Å². The quantitative estimate of drug-likeness (QED) is 0.862. The lowest BCUT2D eigenvalue weighted by Gasteiger charge is -2.07. The molecule has 2 aromatic rings. The summed E-state index contributed by atoms with van der Waals surface area (Å²) in [6.45, 7) is 1.60. The number of sulfone groups is 1. The van der Waals surface area contributed by atoms with E-state index in [9.17, 15) is 13.2 Å². The van der Waals surface area contributed by atoms with Gasteiger partial charge in [0.2, 0.25) is 5.91 Å². The Morgan fingerprint density at radius 2 is 1.64 bits per heavy atom. The summed E-state index contributed by atoms with van der Waals surface area (Å²) in [5.41, 5.74) is 1.49. The number of anilines is 1. The van der Waals surface area contributed by atoms with Gasteiger partial charge in [0.1, 0.15) is 0 Å². The van der Waals surface area contributed by atoms with Crippen LogP contribution < -0.4 is 5.32 Å². The molecule has 2 aromatic carbocycles. The van der Waals surface area contributed by atoms with Crippen LogP contribution in [0.3, 0.4) is 0 Å². The lowest BCUT2D eigenvalue weighted by atomic mass is 10.1. The van der Waals surface area contributed by atoms with Crippen molar-refractivity contribution in [1.82, 2.24) is 0 Å². The van der Waals surface area contributed by atoms with E-state index in [4.69, 9.17) is 0 Å². The van der Waals surface area contributed by atoms with Crippen LogP contribution in [0, 0.1) is 0 Å². The van der Waals surface area contributed by atoms with Gasteiger partial charge >= 0.3 is 0 Å². The van der Waals surface area contributed by atoms with Crippen LogP contribution in [0.4, 0.5) is 5.69 Å². The minimum Gasteiger partial charge on any atom is -0.326 e. The first-order valence-corrected chi connectivity index (χ1v) is 9.22. The van der Waals surface area contributed by atoms with Crippen LogP contribution in [0.5, 0.6) is 0 Å². The summed E-state index contributed by atoms with van der Waals surface area (Å²) in [7, 11) is -3.21. The third-order valence-electron chi connectivity index (χ3n) is 3.16. The first-order chi connectivity index (χ1) is 10.4. The highest BCUT2D eigenvalue weighted by Gasteiger charge is 2.11. The van der Waals surface area contributed by atoms with Gasteiger partial charge in [-0.1, -0.05) is 35.0 Å². The zero-order valence-electron chi connectivity index (χ0n) is 12.0. The molecule has 2 rings (SSSR count). The fraction of sp³-hybridized carbons (Fsp3) is 0.188. The van der Waals surface area contributed by atoms with E-state index in [1.165, 1.54) is 12.1 Å². The number of carbonyl (C=O) groups excluding carboxylic acids is 1. The summed E-state index contributed by atoms with van der Waals surface area (Å²) in [5, 5.41) is 2.76. The third kappa shape index (κ3) is 4.42. The van der Waals surface area contributed by atoms with Gasteiger partial charge in [0.15, 0.2) is 9.84 Å². The molecule has 22 heavy (non-hydrogen) atoms. The molecule has 0 fully saturated rings. The van der Waals surface area contributed by atoms with Crippen LogP contribution in [0.15, 0.2) is 57.9 Å². The van der Waals surface area contributed by atoms with Crippen LogP contribution in [0.25, 0.3) is 0 Å². The highest BCUT2D eigenvalue weighted by atomic mass is 79.9. The molecule has 0 aliphatic rings. The highest BCUT2D eigenvalue weighted by molar-refractivity contribution is 9.10. The topological polar surface area (TPSA) is 63.2 Å². The van der Waals surface area contributed by atoms with E-state index in [0.717, 1.165) is 10.0 Å². The zero-order valence-corrected chi connectivity index (χ0v) is 14.4. The van der Waals surface area contributed by atoms with Gasteiger partial charge < -0.3 is 5.32 Å². The van der Waals surface area contributed by atoms with E-state index in [2.05, 4.69) is 21.2 Å². The smallest absolute Gasteiger partial charge is 0.228 e. The fourth-order valence-electron chi connectivity index (χ4n) is 1.91. The SMILES string of the molecule is CCS(=O)(=O)c1ccc(NC(=O)Cc2ccc(Br)cc2)cc1. The molecular formula is C16H16BrNO3S. The molecule has 0 atom stereocenters. The minimum absolute atomic E-state index is 0.0578. The number of rotatable bonds is 5. The number of hydrogen-bond acceptors (Lipinski definition) is 3. The summed E-state index contributed by atoms with van der Waals surface area (Å²) in [4.78, 5) is 12.2. The standard InChI is InChI=1S/C16H16BrNO3S/c1-2-22(20,21)15-9-7-14(8-10-15)18-16(19)11-12-3-5-13(17)6-4-12/h3-10H,2,11H2,1H3,(H,18,19). The molecule has 0 bridgehead atoms. The predicted octanol–water partition coefficient (Wildman–Crippen LogP) is 3.42. The van der Waals surface area contributed by atoms with Crippen molar-refractivity contribution in [2.24, 2.45) is 0 Å². The van der Waals surface area contributed by atoms with Crippen molar-refractivity contribution in [3.05, 3.63) is 58.6 Å². The molecule has 0 heterocycles. The molecule has 4 nitrogen and oxygen atoms in total. The van der Waals surface area contributed by atoms with Gasteiger partial charge in [-0.2, -0.15) is 0 Å². The predicted molar refractivity (Wildman–Crippen MR) is 90.6 cm³/mol. The van der Waals surface area contributed by atoms with Crippen molar-refractivity contribution in [3.8, 4) is 0 Å². The number of benzene rings is 2. The van der Waals surface area contributed by atoms with Crippen LogP contribution in [0.1, 0.15) is 12.5 Å². The second-order valence-corrected chi connectivity index (χ2v) is 7.97. The molecule has 0 aliphatic heterocycles. The van der Waals surface area contributed by atoms with Crippen molar-refractivity contribution in [1.29, 1.82) is 0 Å². The highest BCUT2D eigenvalue weighted by Crippen LogP contribution is 2.16. The molecule has 0 saturated carbocycles. The monoisotopic (exact) mass is 381 g/mol. The Bertz CT molecular complexity index is 753. The van der Waals surface area contributed by atoms with Gasteiger partial charge in [-0.15, -0.1) is 0 Å². The maximum Gasteiger partial charge on any atom is 0.228 e. The van der Waals surface area contributed by atoms with E-state index < -0.39 is 9.84 Å². The van der Waals surface area contributed by atoms with E-state index in [-0.39, 0.29) is 23.0 Å². The average Bonchev–Trinajstić information content (AvgIpc) is 2.50. The number of halogens is 1. The Hall–Kier alpha value is -1.66. The van der Waals surface area contributed by atoms with Crippen molar-refractivity contribution < 1.29 is 13.2 Å². The second kappa shape index (κ2) is 7.07. The molecule has 116 valence electrons. The Labute approximate surface area is 138 Å². The second-order valence-electron chi connectivity index (χ2n) is 4.78. The van der Waals surface area contributed by atoms with Crippen LogP contribution >= 0.6 is 15.9 Å². The summed E-state index contributed by atoms with van der Waals surface area (Å²) < 4.78 is 24.4. The van der Waals surface area contributed by atoms with Crippen LogP contribution in [-0.2, 0) is 21.1 Å². The molecule has 0 spiro atoms. The van der Waals surface area contributed by atoms with Crippen molar-refractivity contribution in [2.45, 2.75) is 18.2 Å². The molecule has 6 heteroatoms. The van der Waals surface area contributed by atoms with Gasteiger partial charge in [-0.3, -0.25) is 4.79 Å². The fourth-order valence-corrected chi connectivity index (χ4v) is 3.05. The van der Waals surface area contributed by atoms with Crippen molar-refractivity contribution in [3.63, 3.8) is 0 Å². The van der Waals surface area contributed by atoms with Gasteiger partial charge in [-0.25, -0.2) is 8.42 Å². The molecule has 0 aliphatic carbocycles. The number of nitrogens with one attached hydrogen (secondary N) is 1. The maximum atomic E-state index is 12.0. The lowest BCUT2D eigenvalue weighted by molar-refractivity contribution is -0.115. The Morgan fingerprint density at radius 1 is 1.05 bits per heavy atom. The van der Waals surface area contributed by atoms with Crippen LogP contribution in [0.2, 0.25) is 0 Å². The Kier molecular flexibility index (Phi) is 5.37. The minimum atomic E-state index is -3.21. The lowest BCUT2D eigenvalue weighted by Crippen LogP contribution is -2.14. The molecule has 0 unspecified atom stereocenters. The number of hydrogen-bond donors (Lipinski definition) is 1. The van der Waals surface area contributed by atoms with Crippen LogP contribution in [-0.4, -0.2) is 20.1 Å². The normalized spacial score (nSPS) is 11.2. The Morgan fingerprint density at radius 3 is 2.18 bits per heavy atom. The largest absolute Gasteiger partial charge is 0.326 e. The van der Waals surface area contributed by atoms with E-state index in [1.807, 2.05) is 24.3 Å². The van der Waals surface area contributed by atoms with Gasteiger partial charge in [0.25, 0.3) is 0 Å². The summed E-state index contributed by atoms with van der Waals surface area (Å²) in [6, 6.07) is 13.7. The first kappa shape index (κ1) is 16.7. The molecule has 0 saturated heterocycles. The zero-order chi connectivity index (χ0) is 16.2. The summed E-state index contributed by atoms with van der Waals surface area (Å²) in [6.07, 6.45) is 0.266. The maximum absolute atomic E-state index is 12.0. The molecule has 1 amide bonds. The summed E-state index contributed by atoms with van der Waals surface area (Å²) in [5.74, 6) is -0.0872. The van der Waals surface area contributed by atoms with E-state index in [0.29, 0.717) is 5.69 Å². The van der Waals surface area contributed by atoms with E-state index >= 15 is 0 Å². The third-order valence-corrected chi connectivity index (χ3v) is 5.43. The van der Waals surface area contributed by atoms with Crippen molar-refractivity contribution in [2.75, 3.05) is 11.1 Å². The molecule has 0 aromatic heterocycles. The molecular weight excluding hydrogens is 366 g/mol. The number of carbonyl (C=O) groups is 1. The number of amides is 1. The molecule has 0 radical (unpaired) electrons. The summed E-state index contributed by atoms with van der Waals surface area (Å²) >= 11 is 3.34. The first-order valence-electron chi connectivity index (χ1n) is 6.78. The molecule has 1 N–H and O–H groups in total. The Balaban J connectivity index is 2.01. The van der Waals surface area contributed by atoms with E-state index in [1.54, 1.807) is 19.1 Å². The average molecular weight is 382 g/mol. The van der Waals surface area contributed by atoms with Crippen molar-refractivity contribution >= 4 is 37.4 Å².